The third kappa shape index (κ3) is 5.39. The summed E-state index contributed by atoms with van der Waals surface area (Å²) < 4.78 is 24.9. The lowest BCUT2D eigenvalue weighted by atomic mass is 10.1. The standard InChI is InChI=1S/C26H31FN4O3/c1-4-19(3)31(26(32)28-22-11-5-18(2)6-12-22)17-23-24(20-7-9-21(27)10-8-20)29-34-25(23)30-13-15-33-16-14-30/h5-12,19H,4,13-17H2,1-3H3,(H,28,32)/t19-/m1/s1. The molecule has 0 aliphatic carbocycles. The fourth-order valence-electron chi connectivity index (χ4n) is 3.94. The van der Waals surface area contributed by atoms with Gasteiger partial charge >= 0.3 is 6.03 Å². The summed E-state index contributed by atoms with van der Waals surface area (Å²) in [6.07, 6.45) is 0.783. The highest BCUT2D eigenvalue weighted by atomic mass is 19.1. The van der Waals surface area contributed by atoms with Crippen LogP contribution < -0.4 is 10.2 Å². The molecule has 1 N–H and O–H groups in total. The van der Waals surface area contributed by atoms with Crippen molar-refractivity contribution >= 4 is 17.6 Å². The van der Waals surface area contributed by atoms with Gasteiger partial charge in [0, 0.05) is 30.4 Å². The van der Waals surface area contributed by atoms with Gasteiger partial charge < -0.3 is 24.4 Å². The van der Waals surface area contributed by atoms with Crippen LogP contribution in [0.2, 0.25) is 0 Å². The van der Waals surface area contributed by atoms with Crippen molar-refractivity contribution in [2.75, 3.05) is 36.5 Å². The lowest BCUT2D eigenvalue weighted by molar-refractivity contribution is 0.119. The molecule has 2 aromatic carbocycles. The summed E-state index contributed by atoms with van der Waals surface area (Å²) in [5, 5.41) is 7.36. The summed E-state index contributed by atoms with van der Waals surface area (Å²) in [5.74, 6) is 0.306. The van der Waals surface area contributed by atoms with E-state index >= 15 is 0 Å². The molecule has 7 nitrogen and oxygen atoms in total. The summed E-state index contributed by atoms with van der Waals surface area (Å²) in [5.41, 5.74) is 4.01. The molecule has 2 heterocycles. The van der Waals surface area contributed by atoms with Crippen LogP contribution in [0, 0.1) is 12.7 Å². The third-order valence-corrected chi connectivity index (χ3v) is 6.20. The second-order valence-corrected chi connectivity index (χ2v) is 8.60. The number of nitrogens with one attached hydrogen (secondary N) is 1. The number of morpholine rings is 1. The molecule has 8 heteroatoms. The Labute approximate surface area is 199 Å². The number of anilines is 2. The van der Waals surface area contributed by atoms with Crippen molar-refractivity contribution in [3.8, 4) is 11.3 Å². The van der Waals surface area contributed by atoms with Gasteiger partial charge in [0.25, 0.3) is 0 Å². The molecule has 1 aliphatic rings. The van der Waals surface area contributed by atoms with E-state index in [9.17, 15) is 9.18 Å². The van der Waals surface area contributed by atoms with E-state index < -0.39 is 0 Å². The summed E-state index contributed by atoms with van der Waals surface area (Å²) >= 11 is 0. The van der Waals surface area contributed by atoms with Crippen molar-refractivity contribution in [2.24, 2.45) is 0 Å². The number of ether oxygens (including phenoxy) is 1. The molecule has 0 spiro atoms. The normalized spacial score (nSPS) is 14.6. The molecule has 0 saturated carbocycles. The number of halogens is 1. The minimum absolute atomic E-state index is 0.0287. The first-order valence-corrected chi connectivity index (χ1v) is 11.7. The number of urea groups is 1. The quantitative estimate of drug-likeness (QED) is 0.501. The van der Waals surface area contributed by atoms with Crippen LogP contribution in [0.1, 0.15) is 31.4 Å². The maximum Gasteiger partial charge on any atom is 0.322 e. The molecular weight excluding hydrogens is 435 g/mol. The van der Waals surface area contributed by atoms with Crippen LogP contribution in [0.15, 0.2) is 53.1 Å². The molecule has 0 radical (unpaired) electrons. The van der Waals surface area contributed by atoms with Gasteiger partial charge in [0.15, 0.2) is 0 Å². The van der Waals surface area contributed by atoms with E-state index in [4.69, 9.17) is 9.26 Å². The monoisotopic (exact) mass is 466 g/mol. The van der Waals surface area contributed by atoms with Crippen molar-refractivity contribution in [2.45, 2.75) is 39.8 Å². The maximum atomic E-state index is 13.6. The van der Waals surface area contributed by atoms with Crippen molar-refractivity contribution in [1.82, 2.24) is 10.1 Å². The Balaban J connectivity index is 1.68. The number of aromatic nitrogens is 1. The van der Waals surface area contributed by atoms with Crippen molar-refractivity contribution in [3.63, 3.8) is 0 Å². The number of benzene rings is 2. The number of rotatable bonds is 7. The predicted octanol–water partition coefficient (Wildman–Crippen LogP) is 5.46. The molecule has 180 valence electrons. The zero-order valence-electron chi connectivity index (χ0n) is 19.9. The van der Waals surface area contributed by atoms with E-state index in [0.717, 1.165) is 28.8 Å². The number of nitrogens with zero attached hydrogens (tertiary/aromatic N) is 3. The second-order valence-electron chi connectivity index (χ2n) is 8.60. The van der Waals surface area contributed by atoms with Gasteiger partial charge in [0.05, 0.1) is 25.3 Å². The Bertz CT molecular complexity index is 1090. The number of hydrogen-bond acceptors (Lipinski definition) is 5. The average molecular weight is 467 g/mol. The number of hydrogen-bond donors (Lipinski definition) is 1. The molecule has 1 aromatic heterocycles. The lowest BCUT2D eigenvalue weighted by Gasteiger charge is -2.31. The van der Waals surface area contributed by atoms with Crippen molar-refractivity contribution < 1.29 is 18.4 Å². The summed E-state index contributed by atoms with van der Waals surface area (Å²) in [7, 11) is 0. The number of carbonyl (C=O) groups is 1. The van der Waals surface area contributed by atoms with E-state index in [-0.39, 0.29) is 17.9 Å². The van der Waals surface area contributed by atoms with Gasteiger partial charge in [-0.1, -0.05) is 29.8 Å². The first kappa shape index (κ1) is 23.8. The zero-order valence-corrected chi connectivity index (χ0v) is 19.9. The van der Waals surface area contributed by atoms with Crippen LogP contribution in [0.3, 0.4) is 0 Å². The van der Waals surface area contributed by atoms with Gasteiger partial charge in [0.2, 0.25) is 5.88 Å². The molecule has 0 unspecified atom stereocenters. The van der Waals surface area contributed by atoms with Crippen LogP contribution in [0.4, 0.5) is 20.8 Å². The molecule has 4 rings (SSSR count). The highest BCUT2D eigenvalue weighted by Gasteiger charge is 2.29. The van der Waals surface area contributed by atoms with E-state index in [1.807, 2.05) is 45.0 Å². The van der Waals surface area contributed by atoms with Crippen molar-refractivity contribution in [3.05, 3.63) is 65.5 Å². The number of carbonyl (C=O) groups excluding carboxylic acids is 1. The van der Waals surface area contributed by atoms with Gasteiger partial charge in [-0.25, -0.2) is 9.18 Å². The Kier molecular flexibility index (Phi) is 7.47. The molecular formula is C26H31FN4O3. The molecule has 2 amide bonds. The van der Waals surface area contributed by atoms with Crippen LogP contribution in [-0.4, -0.2) is 48.4 Å². The molecule has 1 saturated heterocycles. The summed E-state index contributed by atoms with van der Waals surface area (Å²) in [6.45, 7) is 8.91. The largest absolute Gasteiger partial charge is 0.378 e. The number of aryl methyl sites for hydroxylation is 1. The van der Waals surface area contributed by atoms with Gasteiger partial charge in [0.1, 0.15) is 11.5 Å². The highest BCUT2D eigenvalue weighted by molar-refractivity contribution is 5.89. The Morgan fingerprint density at radius 2 is 1.82 bits per heavy atom. The van der Waals surface area contributed by atoms with E-state index in [1.165, 1.54) is 12.1 Å². The minimum Gasteiger partial charge on any atom is -0.378 e. The van der Waals surface area contributed by atoms with Gasteiger partial charge in [-0.05, 0) is 56.7 Å². The van der Waals surface area contributed by atoms with Gasteiger partial charge in [-0.15, -0.1) is 0 Å². The van der Waals surface area contributed by atoms with Crippen LogP contribution in [0.25, 0.3) is 11.3 Å². The topological polar surface area (TPSA) is 70.8 Å². The van der Waals surface area contributed by atoms with E-state index in [0.29, 0.717) is 44.4 Å². The number of amides is 2. The fraction of sp³-hybridized carbons (Fsp3) is 0.385. The molecule has 1 aliphatic heterocycles. The molecule has 0 bridgehead atoms. The Morgan fingerprint density at radius 1 is 1.15 bits per heavy atom. The smallest absolute Gasteiger partial charge is 0.322 e. The molecule has 1 fully saturated rings. The maximum absolute atomic E-state index is 13.6. The van der Waals surface area contributed by atoms with Gasteiger partial charge in [-0.3, -0.25) is 0 Å². The molecule has 1 atom stereocenters. The summed E-state index contributed by atoms with van der Waals surface area (Å²) in [4.78, 5) is 17.3. The van der Waals surface area contributed by atoms with Crippen LogP contribution >= 0.6 is 0 Å². The Morgan fingerprint density at radius 3 is 2.47 bits per heavy atom. The van der Waals surface area contributed by atoms with Crippen LogP contribution in [-0.2, 0) is 11.3 Å². The lowest BCUT2D eigenvalue weighted by Crippen LogP contribution is -2.41. The average Bonchev–Trinajstić information content (AvgIpc) is 3.28. The first-order valence-electron chi connectivity index (χ1n) is 11.7. The fourth-order valence-corrected chi connectivity index (χ4v) is 3.94. The second kappa shape index (κ2) is 10.7. The first-order chi connectivity index (χ1) is 16.5. The summed E-state index contributed by atoms with van der Waals surface area (Å²) in [6, 6.07) is 13.7. The van der Waals surface area contributed by atoms with Gasteiger partial charge in [-0.2, -0.15) is 0 Å². The molecule has 34 heavy (non-hydrogen) atoms. The highest BCUT2D eigenvalue weighted by Crippen LogP contribution is 2.34. The zero-order chi connectivity index (χ0) is 24.1. The molecule has 3 aromatic rings. The van der Waals surface area contributed by atoms with Crippen LogP contribution in [0.5, 0.6) is 0 Å². The van der Waals surface area contributed by atoms with Crippen molar-refractivity contribution in [1.29, 1.82) is 0 Å². The van der Waals surface area contributed by atoms with E-state index in [2.05, 4.69) is 15.4 Å². The predicted molar refractivity (Wildman–Crippen MR) is 130 cm³/mol. The minimum atomic E-state index is -0.319. The SMILES string of the molecule is CC[C@@H](C)N(Cc1c(-c2ccc(F)cc2)noc1N1CCOCC1)C(=O)Nc1ccc(C)cc1. The third-order valence-electron chi connectivity index (χ3n) is 6.20. The van der Waals surface area contributed by atoms with E-state index in [1.54, 1.807) is 17.0 Å². The Hall–Kier alpha value is -3.39.